The zero-order valence-electron chi connectivity index (χ0n) is 6.58. The van der Waals surface area contributed by atoms with Gasteiger partial charge in [0, 0.05) is 24.0 Å². The molecular formula is C8H6N2O2S. The Morgan fingerprint density at radius 3 is 2.85 bits per heavy atom. The second kappa shape index (κ2) is 3.40. The van der Waals surface area contributed by atoms with Gasteiger partial charge in [-0.1, -0.05) is 11.3 Å². The predicted octanol–water partition coefficient (Wildman–Crippen LogP) is 1.99. The average molecular weight is 194 g/mol. The first-order valence-electron chi connectivity index (χ1n) is 3.61. The molecule has 0 amide bonds. The van der Waals surface area contributed by atoms with Gasteiger partial charge in [-0.2, -0.15) is 0 Å². The molecule has 0 saturated heterocycles. The van der Waals surface area contributed by atoms with Crippen LogP contribution in [0.2, 0.25) is 0 Å². The molecule has 0 unspecified atom stereocenters. The first-order valence-corrected chi connectivity index (χ1v) is 4.49. The van der Waals surface area contributed by atoms with Gasteiger partial charge in [-0.05, 0) is 12.1 Å². The molecule has 0 atom stereocenters. The van der Waals surface area contributed by atoms with Crippen molar-refractivity contribution in [3.8, 4) is 5.19 Å². The van der Waals surface area contributed by atoms with Crippen molar-refractivity contribution in [2.45, 2.75) is 0 Å². The molecule has 0 aromatic carbocycles. The van der Waals surface area contributed by atoms with E-state index in [1.807, 2.05) is 0 Å². The monoisotopic (exact) mass is 194 g/mol. The molecule has 0 aliphatic carbocycles. The van der Waals surface area contributed by atoms with Crippen LogP contribution in [0, 0.1) is 0 Å². The Morgan fingerprint density at radius 1 is 1.46 bits per heavy atom. The van der Waals surface area contributed by atoms with Crippen molar-refractivity contribution in [2.24, 2.45) is 0 Å². The van der Waals surface area contributed by atoms with Crippen molar-refractivity contribution >= 4 is 17.4 Å². The van der Waals surface area contributed by atoms with Gasteiger partial charge < -0.3 is 4.74 Å². The van der Waals surface area contributed by atoms with Crippen LogP contribution in [0.15, 0.2) is 36.1 Å². The zero-order chi connectivity index (χ0) is 9.10. The summed E-state index contributed by atoms with van der Waals surface area (Å²) in [7, 11) is 0. The first kappa shape index (κ1) is 8.00. The zero-order valence-corrected chi connectivity index (χ0v) is 7.40. The Morgan fingerprint density at radius 2 is 2.23 bits per heavy atom. The van der Waals surface area contributed by atoms with Gasteiger partial charge in [0.05, 0.1) is 0 Å². The minimum atomic E-state index is -0.444. The van der Waals surface area contributed by atoms with Crippen molar-refractivity contribution < 1.29 is 9.53 Å². The Kier molecular flexibility index (Phi) is 2.09. The van der Waals surface area contributed by atoms with Crippen LogP contribution in [0.3, 0.4) is 0 Å². The number of carbonyl (C=O) groups excluding carboxylic acids is 1. The van der Waals surface area contributed by atoms with Gasteiger partial charge in [-0.3, -0.25) is 4.57 Å². The number of nitrogens with zero attached hydrogens (tertiary/aromatic N) is 2. The van der Waals surface area contributed by atoms with E-state index in [1.54, 1.807) is 36.1 Å². The summed E-state index contributed by atoms with van der Waals surface area (Å²) in [5.74, 6) is 0. The fraction of sp³-hybridized carbons (Fsp3) is 0. The lowest BCUT2D eigenvalue weighted by molar-refractivity contribution is 0.202. The molecule has 0 aliphatic heterocycles. The summed E-state index contributed by atoms with van der Waals surface area (Å²) in [5, 5.41) is 2.11. The van der Waals surface area contributed by atoms with Crippen LogP contribution in [0.5, 0.6) is 5.19 Å². The van der Waals surface area contributed by atoms with Gasteiger partial charge >= 0.3 is 6.09 Å². The fourth-order valence-electron chi connectivity index (χ4n) is 0.844. The molecule has 2 aromatic rings. The van der Waals surface area contributed by atoms with Crippen molar-refractivity contribution in [3.63, 3.8) is 0 Å². The minimum Gasteiger partial charge on any atom is -0.381 e. The largest absolute Gasteiger partial charge is 0.425 e. The Hall–Kier alpha value is -1.62. The van der Waals surface area contributed by atoms with E-state index in [-0.39, 0.29) is 0 Å². The molecule has 0 N–H and O–H groups in total. The van der Waals surface area contributed by atoms with E-state index in [0.717, 1.165) is 0 Å². The summed E-state index contributed by atoms with van der Waals surface area (Å²) in [4.78, 5) is 15.1. The molecule has 0 spiro atoms. The predicted molar refractivity (Wildman–Crippen MR) is 48.0 cm³/mol. The summed E-state index contributed by atoms with van der Waals surface area (Å²) in [6.07, 6.45) is 4.38. The van der Waals surface area contributed by atoms with Crippen LogP contribution in [0.1, 0.15) is 0 Å². The van der Waals surface area contributed by atoms with Gasteiger partial charge in [0.25, 0.3) is 5.19 Å². The summed E-state index contributed by atoms with van der Waals surface area (Å²) < 4.78 is 6.28. The molecule has 5 heteroatoms. The fourth-order valence-corrected chi connectivity index (χ4v) is 1.32. The molecule has 13 heavy (non-hydrogen) atoms. The lowest BCUT2D eigenvalue weighted by Gasteiger charge is -1.99. The third-order valence-electron chi connectivity index (χ3n) is 1.40. The molecule has 2 aromatic heterocycles. The third kappa shape index (κ3) is 1.75. The number of hydrogen-bond acceptors (Lipinski definition) is 4. The van der Waals surface area contributed by atoms with Crippen LogP contribution >= 0.6 is 11.3 Å². The number of hydrogen-bond donors (Lipinski definition) is 0. The van der Waals surface area contributed by atoms with Crippen LogP contribution in [-0.2, 0) is 0 Å². The second-order valence-electron chi connectivity index (χ2n) is 2.26. The Labute approximate surface area is 78.4 Å². The van der Waals surface area contributed by atoms with E-state index >= 15 is 0 Å². The van der Waals surface area contributed by atoms with Crippen molar-refractivity contribution in [1.82, 2.24) is 9.55 Å². The van der Waals surface area contributed by atoms with E-state index in [0.29, 0.717) is 5.19 Å². The summed E-state index contributed by atoms with van der Waals surface area (Å²) in [6.45, 7) is 0. The van der Waals surface area contributed by atoms with E-state index in [9.17, 15) is 4.79 Å². The van der Waals surface area contributed by atoms with Gasteiger partial charge in [0.15, 0.2) is 0 Å². The Bertz CT molecular complexity index is 380. The Balaban J connectivity index is 2.08. The molecule has 4 nitrogen and oxygen atoms in total. The average Bonchev–Trinajstić information content (AvgIpc) is 2.74. The SMILES string of the molecule is O=C(Oc1nccs1)n1cccc1. The number of ether oxygens (including phenoxy) is 1. The van der Waals surface area contributed by atoms with Crippen molar-refractivity contribution in [1.29, 1.82) is 0 Å². The maximum atomic E-state index is 11.3. The molecule has 0 fully saturated rings. The summed E-state index contributed by atoms with van der Waals surface area (Å²) in [6, 6.07) is 3.51. The van der Waals surface area contributed by atoms with Crippen LogP contribution < -0.4 is 4.74 Å². The molecule has 2 heterocycles. The van der Waals surface area contributed by atoms with Gasteiger partial charge in [-0.15, -0.1) is 0 Å². The van der Waals surface area contributed by atoms with E-state index in [4.69, 9.17) is 4.74 Å². The number of thiazole rings is 1. The molecule has 0 aliphatic rings. The van der Waals surface area contributed by atoms with Crippen LogP contribution in [0.4, 0.5) is 4.79 Å². The standard InChI is InChI=1S/C8H6N2O2S/c11-8(10-4-1-2-5-10)12-7-9-3-6-13-7/h1-6H. The maximum Gasteiger partial charge on any atom is 0.425 e. The molecule has 66 valence electrons. The molecular weight excluding hydrogens is 188 g/mol. The second-order valence-corrected chi connectivity index (χ2v) is 3.11. The highest BCUT2D eigenvalue weighted by Crippen LogP contribution is 2.14. The van der Waals surface area contributed by atoms with Gasteiger partial charge in [-0.25, -0.2) is 9.78 Å². The number of aromatic nitrogens is 2. The van der Waals surface area contributed by atoms with Crippen LogP contribution in [0.25, 0.3) is 0 Å². The number of rotatable bonds is 1. The van der Waals surface area contributed by atoms with Crippen molar-refractivity contribution in [3.05, 3.63) is 36.1 Å². The topological polar surface area (TPSA) is 44.1 Å². The van der Waals surface area contributed by atoms with E-state index < -0.39 is 6.09 Å². The van der Waals surface area contributed by atoms with Crippen LogP contribution in [-0.4, -0.2) is 15.6 Å². The highest BCUT2D eigenvalue weighted by molar-refractivity contribution is 7.11. The highest BCUT2D eigenvalue weighted by atomic mass is 32.1. The molecule has 2 rings (SSSR count). The minimum absolute atomic E-state index is 0.360. The van der Waals surface area contributed by atoms with E-state index in [1.165, 1.54) is 15.9 Å². The van der Waals surface area contributed by atoms with Crippen molar-refractivity contribution in [2.75, 3.05) is 0 Å². The molecule has 0 bridgehead atoms. The highest BCUT2D eigenvalue weighted by Gasteiger charge is 2.06. The first-order chi connectivity index (χ1) is 6.36. The quantitative estimate of drug-likeness (QED) is 0.697. The third-order valence-corrected chi connectivity index (χ3v) is 2.05. The lowest BCUT2D eigenvalue weighted by Crippen LogP contribution is -2.14. The van der Waals surface area contributed by atoms with E-state index in [2.05, 4.69) is 4.98 Å². The van der Waals surface area contributed by atoms with Gasteiger partial charge in [0.1, 0.15) is 0 Å². The molecule has 0 radical (unpaired) electrons. The number of carbonyl (C=O) groups is 1. The summed E-state index contributed by atoms with van der Waals surface area (Å²) >= 11 is 1.28. The normalized spacial score (nSPS) is 9.85. The molecule has 0 saturated carbocycles. The lowest BCUT2D eigenvalue weighted by atomic mass is 10.7. The maximum absolute atomic E-state index is 11.3. The van der Waals surface area contributed by atoms with Gasteiger partial charge in [0.2, 0.25) is 0 Å². The smallest absolute Gasteiger partial charge is 0.381 e. The summed E-state index contributed by atoms with van der Waals surface area (Å²) in [5.41, 5.74) is 0.